The van der Waals surface area contributed by atoms with Crippen molar-refractivity contribution in [3.8, 4) is 22.6 Å². The van der Waals surface area contributed by atoms with Gasteiger partial charge in [0.15, 0.2) is 5.78 Å². The van der Waals surface area contributed by atoms with E-state index in [9.17, 15) is 24.8 Å². The van der Waals surface area contributed by atoms with E-state index in [1.165, 1.54) is 13.2 Å². The maximum absolute atomic E-state index is 13.4. The van der Waals surface area contributed by atoms with Gasteiger partial charge in [0.25, 0.3) is 5.69 Å². The van der Waals surface area contributed by atoms with E-state index < -0.39 is 39.1 Å². The molecule has 150 valence electrons. The number of anilines is 2. The van der Waals surface area contributed by atoms with Crippen molar-refractivity contribution in [2.45, 2.75) is 0 Å². The van der Waals surface area contributed by atoms with E-state index in [0.29, 0.717) is 11.3 Å². The lowest BCUT2D eigenvalue weighted by atomic mass is 9.78. The number of hydrogen-bond donors (Lipinski definition) is 3. The van der Waals surface area contributed by atoms with Crippen LogP contribution in [0, 0.1) is 10.1 Å². The number of phenolic OH excluding ortho intramolecular Hbond substituents is 1. The molecule has 0 unspecified atom stereocenters. The summed E-state index contributed by atoms with van der Waals surface area (Å²) in [6.07, 6.45) is 0. The van der Waals surface area contributed by atoms with E-state index in [-0.39, 0.29) is 28.1 Å². The maximum atomic E-state index is 13.4. The molecule has 1 aliphatic rings. The molecule has 3 aromatic carbocycles. The van der Waals surface area contributed by atoms with E-state index in [2.05, 4.69) is 0 Å². The summed E-state index contributed by atoms with van der Waals surface area (Å²) in [7, 11) is 1.50. The lowest BCUT2D eigenvalue weighted by Crippen LogP contribution is -2.25. The van der Waals surface area contributed by atoms with E-state index >= 15 is 0 Å². The number of aromatic hydroxyl groups is 1. The van der Waals surface area contributed by atoms with Crippen LogP contribution in [0.25, 0.3) is 11.1 Å². The fourth-order valence-electron chi connectivity index (χ4n) is 3.71. The second-order valence-corrected chi connectivity index (χ2v) is 6.68. The monoisotopic (exact) mass is 405 g/mol. The lowest BCUT2D eigenvalue weighted by Gasteiger charge is -2.23. The minimum Gasteiger partial charge on any atom is -0.507 e. The molecule has 0 aliphatic heterocycles. The summed E-state index contributed by atoms with van der Waals surface area (Å²) in [6, 6.07) is 9.94. The Morgan fingerprint density at radius 1 is 0.867 bits per heavy atom. The van der Waals surface area contributed by atoms with Crippen molar-refractivity contribution >= 4 is 28.6 Å². The topological polar surface area (TPSA) is 159 Å². The third-order valence-electron chi connectivity index (χ3n) is 5.03. The highest BCUT2D eigenvalue weighted by Crippen LogP contribution is 2.45. The average molecular weight is 405 g/mol. The van der Waals surface area contributed by atoms with Crippen molar-refractivity contribution in [3.63, 3.8) is 0 Å². The number of fused-ring (bicyclic) bond motifs is 2. The van der Waals surface area contributed by atoms with Crippen molar-refractivity contribution in [3.05, 3.63) is 74.8 Å². The number of carbonyl (C=O) groups is 2. The highest BCUT2D eigenvalue weighted by Gasteiger charge is 2.41. The van der Waals surface area contributed by atoms with E-state index in [1.807, 2.05) is 0 Å². The van der Waals surface area contributed by atoms with Crippen molar-refractivity contribution in [2.75, 3.05) is 18.6 Å². The van der Waals surface area contributed by atoms with Gasteiger partial charge in [0.05, 0.1) is 23.2 Å². The Morgan fingerprint density at radius 3 is 2.07 bits per heavy atom. The number of benzene rings is 3. The lowest BCUT2D eigenvalue weighted by molar-refractivity contribution is -0.385. The van der Waals surface area contributed by atoms with Gasteiger partial charge < -0.3 is 21.3 Å². The van der Waals surface area contributed by atoms with Gasteiger partial charge in [-0.05, 0) is 29.8 Å². The Kier molecular flexibility index (Phi) is 4.16. The van der Waals surface area contributed by atoms with E-state index in [4.69, 9.17) is 16.2 Å². The van der Waals surface area contributed by atoms with Gasteiger partial charge >= 0.3 is 0 Å². The molecule has 4 rings (SSSR count). The number of hydrogen-bond acceptors (Lipinski definition) is 8. The van der Waals surface area contributed by atoms with Crippen LogP contribution in [-0.2, 0) is 0 Å². The second kappa shape index (κ2) is 6.59. The maximum Gasteiger partial charge on any atom is 0.281 e. The number of ketones is 2. The first-order valence-electron chi connectivity index (χ1n) is 8.72. The van der Waals surface area contributed by atoms with Gasteiger partial charge in [-0.1, -0.05) is 12.1 Å². The zero-order valence-electron chi connectivity index (χ0n) is 15.6. The standard InChI is InChI=1S/C21H15N3O6/c1-30-10-4-2-9(3-5-10)15-11(22)8-12(23)16-19(15)21(27)18-14(25)7-6-13(24(28)29)17(18)20(16)26/h2-8,25H,22-23H2,1H3. The number of nitro groups is 1. The first-order chi connectivity index (χ1) is 14.3. The number of rotatable bonds is 3. The molecule has 1 aliphatic carbocycles. The van der Waals surface area contributed by atoms with Gasteiger partial charge in [0.2, 0.25) is 5.78 Å². The molecule has 3 aromatic rings. The predicted molar refractivity (Wildman–Crippen MR) is 109 cm³/mol. The number of carbonyl (C=O) groups excluding carboxylic acids is 2. The summed E-state index contributed by atoms with van der Waals surface area (Å²) >= 11 is 0. The van der Waals surface area contributed by atoms with Crippen LogP contribution in [0.15, 0.2) is 42.5 Å². The Balaban J connectivity index is 2.08. The molecule has 0 bridgehead atoms. The van der Waals surface area contributed by atoms with Crippen LogP contribution in [0.2, 0.25) is 0 Å². The van der Waals surface area contributed by atoms with E-state index in [0.717, 1.165) is 12.1 Å². The highest BCUT2D eigenvalue weighted by atomic mass is 16.6. The van der Waals surface area contributed by atoms with Crippen LogP contribution >= 0.6 is 0 Å². The number of methoxy groups -OCH3 is 1. The first-order valence-corrected chi connectivity index (χ1v) is 8.72. The van der Waals surface area contributed by atoms with Gasteiger partial charge in [-0.15, -0.1) is 0 Å². The third kappa shape index (κ3) is 2.56. The van der Waals surface area contributed by atoms with Crippen molar-refractivity contribution in [2.24, 2.45) is 0 Å². The normalized spacial score (nSPS) is 12.3. The molecule has 0 aromatic heterocycles. The predicted octanol–water partition coefficient (Wildman–Crippen LogP) is 2.92. The number of phenols is 1. The summed E-state index contributed by atoms with van der Waals surface area (Å²) in [5.74, 6) is -1.57. The van der Waals surface area contributed by atoms with Gasteiger partial charge in [-0.2, -0.15) is 0 Å². The minimum absolute atomic E-state index is 0.0820. The quantitative estimate of drug-likeness (QED) is 0.266. The van der Waals surface area contributed by atoms with Crippen molar-refractivity contribution < 1.29 is 24.4 Å². The molecule has 0 heterocycles. The SMILES string of the molecule is COc1ccc(-c2c(N)cc(N)c3c2C(=O)c2c(O)ccc([N+](=O)[O-])c2C3=O)cc1. The number of nitro benzene ring substituents is 1. The first kappa shape index (κ1) is 18.9. The fourth-order valence-corrected chi connectivity index (χ4v) is 3.71. The zero-order valence-corrected chi connectivity index (χ0v) is 15.6. The number of nitrogens with zero attached hydrogens (tertiary/aromatic N) is 1. The molecule has 0 fully saturated rings. The summed E-state index contributed by atoms with van der Waals surface area (Å²) in [5.41, 5.74) is 11.2. The Labute approximate surface area is 169 Å². The number of nitrogens with two attached hydrogens (primary N) is 2. The summed E-state index contributed by atoms with van der Waals surface area (Å²) < 4.78 is 5.13. The number of nitrogen functional groups attached to an aromatic ring is 2. The molecule has 9 heteroatoms. The molecule has 0 radical (unpaired) electrons. The summed E-state index contributed by atoms with van der Waals surface area (Å²) in [5, 5.41) is 21.7. The van der Waals surface area contributed by atoms with E-state index in [1.54, 1.807) is 24.3 Å². The molecule has 0 atom stereocenters. The van der Waals surface area contributed by atoms with Crippen LogP contribution in [0.5, 0.6) is 11.5 Å². The van der Waals surface area contributed by atoms with Gasteiger partial charge in [-0.3, -0.25) is 19.7 Å². The zero-order chi connectivity index (χ0) is 21.7. The smallest absolute Gasteiger partial charge is 0.281 e. The summed E-state index contributed by atoms with van der Waals surface area (Å²) in [6.45, 7) is 0. The molecule has 0 spiro atoms. The third-order valence-corrected chi connectivity index (χ3v) is 5.03. The molecule has 0 amide bonds. The van der Waals surface area contributed by atoms with Crippen LogP contribution in [0.3, 0.4) is 0 Å². The Hall–Kier alpha value is -4.40. The van der Waals surface area contributed by atoms with Gasteiger partial charge in [0, 0.05) is 28.6 Å². The fraction of sp³-hybridized carbons (Fsp3) is 0.0476. The Morgan fingerprint density at radius 2 is 1.47 bits per heavy atom. The molecule has 0 saturated carbocycles. The van der Waals surface area contributed by atoms with Crippen LogP contribution in [0.4, 0.5) is 17.1 Å². The minimum atomic E-state index is -0.825. The number of ether oxygens (including phenoxy) is 1. The molecular weight excluding hydrogens is 390 g/mol. The van der Waals surface area contributed by atoms with Crippen molar-refractivity contribution in [1.82, 2.24) is 0 Å². The Bertz CT molecular complexity index is 1260. The molecule has 5 N–H and O–H groups in total. The van der Waals surface area contributed by atoms with Gasteiger partial charge in [-0.25, -0.2) is 0 Å². The molecule has 0 saturated heterocycles. The molecule has 30 heavy (non-hydrogen) atoms. The van der Waals surface area contributed by atoms with Crippen molar-refractivity contribution in [1.29, 1.82) is 0 Å². The largest absolute Gasteiger partial charge is 0.507 e. The average Bonchev–Trinajstić information content (AvgIpc) is 2.71. The van der Waals surface area contributed by atoms with Crippen LogP contribution in [0.1, 0.15) is 31.8 Å². The second-order valence-electron chi connectivity index (χ2n) is 6.68. The summed E-state index contributed by atoms with van der Waals surface area (Å²) in [4.78, 5) is 37.3. The van der Waals surface area contributed by atoms with Crippen LogP contribution in [-0.4, -0.2) is 28.7 Å². The van der Waals surface area contributed by atoms with Gasteiger partial charge in [0.1, 0.15) is 17.1 Å². The molecule has 9 nitrogen and oxygen atoms in total. The molecular formula is C21H15N3O6. The highest BCUT2D eigenvalue weighted by molar-refractivity contribution is 6.34. The van der Waals surface area contributed by atoms with Crippen LogP contribution < -0.4 is 16.2 Å².